The monoisotopic (exact) mass is 444 g/mol. The number of morpholine rings is 1. The van der Waals surface area contributed by atoms with Gasteiger partial charge in [0.1, 0.15) is 11.4 Å². The van der Waals surface area contributed by atoms with Gasteiger partial charge >= 0.3 is 6.18 Å². The fourth-order valence-electron chi connectivity index (χ4n) is 4.13. The molecule has 1 aromatic carbocycles. The smallest absolute Gasteiger partial charge is 0.416 e. The van der Waals surface area contributed by atoms with Crippen molar-refractivity contribution in [1.82, 2.24) is 15.1 Å². The van der Waals surface area contributed by atoms with Crippen LogP contribution >= 0.6 is 0 Å². The van der Waals surface area contributed by atoms with Crippen LogP contribution in [0.15, 0.2) is 24.3 Å². The summed E-state index contributed by atoms with van der Waals surface area (Å²) in [7, 11) is 1.97. The summed E-state index contributed by atoms with van der Waals surface area (Å²) >= 11 is 0. The van der Waals surface area contributed by atoms with Crippen molar-refractivity contribution in [2.45, 2.75) is 31.2 Å². The molecule has 168 valence electrons. The number of halogens is 5. The molecule has 2 aromatic rings. The average molecular weight is 444 g/mol. The number of phenolic OH excluding ortho intramolecular Hbond substituents is 1. The van der Waals surface area contributed by atoms with Gasteiger partial charge in [0.2, 0.25) is 0 Å². The molecule has 0 bridgehead atoms. The van der Waals surface area contributed by atoms with E-state index in [9.17, 15) is 27.1 Å². The molecule has 0 spiro atoms. The van der Waals surface area contributed by atoms with E-state index in [4.69, 9.17) is 4.74 Å². The van der Waals surface area contributed by atoms with Crippen molar-refractivity contribution in [2.24, 2.45) is 0 Å². The van der Waals surface area contributed by atoms with Gasteiger partial charge in [0.05, 0.1) is 24.3 Å². The lowest BCUT2D eigenvalue weighted by atomic mass is 9.98. The largest absolute Gasteiger partial charge is 0.507 e. The summed E-state index contributed by atoms with van der Waals surface area (Å²) in [6.07, 6.45) is -6.86. The van der Waals surface area contributed by atoms with Crippen molar-refractivity contribution in [3.05, 3.63) is 35.4 Å². The molecule has 3 heterocycles. The number of benzene rings is 1. The topological polar surface area (TPSA) is 61.7 Å². The van der Waals surface area contributed by atoms with E-state index in [0.29, 0.717) is 31.8 Å². The Morgan fingerprint density at radius 1 is 1.16 bits per heavy atom. The van der Waals surface area contributed by atoms with E-state index < -0.39 is 29.5 Å². The summed E-state index contributed by atoms with van der Waals surface area (Å²) in [5.74, 6) is -0.543. The van der Waals surface area contributed by atoms with Gasteiger partial charge in [-0.15, -0.1) is 10.2 Å². The van der Waals surface area contributed by atoms with E-state index >= 15 is 0 Å². The minimum absolute atomic E-state index is 0.0413. The highest BCUT2D eigenvalue weighted by Crippen LogP contribution is 2.39. The fraction of sp³-hybridized carbons (Fsp3) is 0.500. The number of anilines is 1. The van der Waals surface area contributed by atoms with Gasteiger partial charge in [-0.1, -0.05) is 0 Å². The molecule has 2 atom stereocenters. The SMILES string of the molecule is CN1CC[C@@H]2OCCN(c3cc(C(F)F)c(-c4ccc(C(F)(F)F)cc4O)nn3)[C@@H]2C1. The normalized spacial score (nSPS) is 22.6. The van der Waals surface area contributed by atoms with E-state index in [1.165, 1.54) is 6.07 Å². The zero-order valence-corrected chi connectivity index (χ0v) is 16.6. The molecule has 2 fully saturated rings. The summed E-state index contributed by atoms with van der Waals surface area (Å²) in [4.78, 5) is 4.01. The lowest BCUT2D eigenvalue weighted by Gasteiger charge is -2.46. The van der Waals surface area contributed by atoms with Crippen LogP contribution < -0.4 is 4.90 Å². The molecule has 0 saturated carbocycles. The molecule has 0 amide bonds. The number of aromatic nitrogens is 2. The third kappa shape index (κ3) is 4.29. The van der Waals surface area contributed by atoms with Crippen molar-refractivity contribution >= 4 is 5.82 Å². The van der Waals surface area contributed by atoms with Gasteiger partial charge in [0, 0.05) is 30.8 Å². The highest BCUT2D eigenvalue weighted by Gasteiger charge is 2.37. The molecule has 0 aliphatic carbocycles. The average Bonchev–Trinajstić information content (AvgIpc) is 2.72. The van der Waals surface area contributed by atoms with Crippen LogP contribution in [-0.4, -0.2) is 65.6 Å². The van der Waals surface area contributed by atoms with Crippen LogP contribution in [0.4, 0.5) is 27.8 Å². The number of nitrogens with zero attached hydrogens (tertiary/aromatic N) is 4. The second-order valence-corrected chi connectivity index (χ2v) is 7.76. The molecule has 0 unspecified atom stereocenters. The maximum Gasteiger partial charge on any atom is 0.416 e. The number of hydrogen-bond acceptors (Lipinski definition) is 6. The van der Waals surface area contributed by atoms with Crippen LogP contribution in [-0.2, 0) is 10.9 Å². The zero-order chi connectivity index (χ0) is 22.3. The van der Waals surface area contributed by atoms with E-state index in [0.717, 1.165) is 19.0 Å². The predicted molar refractivity (Wildman–Crippen MR) is 102 cm³/mol. The Kier molecular flexibility index (Phi) is 5.73. The summed E-state index contributed by atoms with van der Waals surface area (Å²) < 4.78 is 72.1. The molecule has 6 nitrogen and oxygen atoms in total. The Labute approximate surface area is 175 Å². The Morgan fingerprint density at radius 2 is 1.94 bits per heavy atom. The van der Waals surface area contributed by atoms with Crippen LogP contribution in [0.25, 0.3) is 11.3 Å². The maximum atomic E-state index is 13.9. The third-order valence-electron chi connectivity index (χ3n) is 5.71. The van der Waals surface area contributed by atoms with Crippen molar-refractivity contribution < 1.29 is 31.8 Å². The van der Waals surface area contributed by atoms with Crippen LogP contribution in [0.5, 0.6) is 5.75 Å². The quantitative estimate of drug-likeness (QED) is 0.729. The summed E-state index contributed by atoms with van der Waals surface area (Å²) in [6.45, 7) is 2.43. The van der Waals surface area contributed by atoms with Gasteiger partial charge in [-0.3, -0.25) is 0 Å². The number of rotatable bonds is 3. The number of likely N-dealkylation sites (N-methyl/N-ethyl adjacent to an activating group) is 1. The molecule has 1 aromatic heterocycles. The Morgan fingerprint density at radius 3 is 2.61 bits per heavy atom. The first kappa shape index (κ1) is 21.7. The van der Waals surface area contributed by atoms with E-state index in [1.807, 2.05) is 11.9 Å². The van der Waals surface area contributed by atoms with Gasteiger partial charge in [0.15, 0.2) is 5.82 Å². The number of piperidine rings is 1. The van der Waals surface area contributed by atoms with Crippen LogP contribution in [0.3, 0.4) is 0 Å². The second kappa shape index (κ2) is 8.19. The van der Waals surface area contributed by atoms with Crippen LogP contribution in [0, 0.1) is 0 Å². The Balaban J connectivity index is 1.71. The van der Waals surface area contributed by atoms with E-state index in [-0.39, 0.29) is 29.2 Å². The minimum Gasteiger partial charge on any atom is -0.507 e. The number of phenols is 1. The molecule has 4 rings (SSSR count). The molecule has 11 heteroatoms. The van der Waals surface area contributed by atoms with Gasteiger partial charge in [0.25, 0.3) is 6.43 Å². The standard InChI is InChI=1S/C20H21F5N4O2/c1-28-5-4-16-14(10-28)29(6-7-31-16)17-9-13(19(21)22)18(27-26-17)12-3-2-11(8-15(12)30)20(23,24)25/h2-3,8-9,14,16,19,30H,4-7,10H2,1H3/t14-,16+/m1/s1. The van der Waals surface area contributed by atoms with Gasteiger partial charge in [-0.05, 0) is 37.7 Å². The first-order valence-electron chi connectivity index (χ1n) is 9.78. The minimum atomic E-state index is -4.67. The van der Waals surface area contributed by atoms with E-state index in [2.05, 4.69) is 15.1 Å². The number of likely N-dealkylation sites (tertiary alicyclic amines) is 1. The summed E-state index contributed by atoms with van der Waals surface area (Å²) in [5, 5.41) is 18.0. The molecular weight excluding hydrogens is 423 g/mol. The van der Waals surface area contributed by atoms with Crippen LogP contribution in [0.2, 0.25) is 0 Å². The fourth-order valence-corrected chi connectivity index (χ4v) is 4.13. The first-order chi connectivity index (χ1) is 14.6. The Bertz CT molecular complexity index is 956. The third-order valence-corrected chi connectivity index (χ3v) is 5.71. The lowest BCUT2D eigenvalue weighted by Crippen LogP contribution is -2.59. The van der Waals surface area contributed by atoms with Crippen molar-refractivity contribution in [3.63, 3.8) is 0 Å². The highest BCUT2D eigenvalue weighted by atomic mass is 19.4. The van der Waals surface area contributed by atoms with Gasteiger partial charge in [-0.25, -0.2) is 8.78 Å². The Hall–Kier alpha value is -2.53. The number of ether oxygens (including phenoxy) is 1. The number of hydrogen-bond donors (Lipinski definition) is 1. The highest BCUT2D eigenvalue weighted by molar-refractivity contribution is 5.71. The molecule has 1 N–H and O–H groups in total. The number of fused-ring (bicyclic) bond motifs is 1. The zero-order valence-electron chi connectivity index (χ0n) is 16.6. The molecule has 2 aliphatic heterocycles. The molecule has 31 heavy (non-hydrogen) atoms. The van der Waals surface area contributed by atoms with Crippen molar-refractivity contribution in [1.29, 1.82) is 0 Å². The summed E-state index contributed by atoms with van der Waals surface area (Å²) in [5.41, 5.74) is -2.18. The molecule has 2 aliphatic rings. The maximum absolute atomic E-state index is 13.9. The van der Waals surface area contributed by atoms with Gasteiger partial charge < -0.3 is 19.6 Å². The van der Waals surface area contributed by atoms with Gasteiger partial charge in [-0.2, -0.15) is 13.2 Å². The predicted octanol–water partition coefficient (Wildman–Crippen LogP) is 3.71. The molecule has 2 saturated heterocycles. The first-order valence-corrected chi connectivity index (χ1v) is 9.78. The number of alkyl halides is 5. The number of aromatic hydroxyl groups is 1. The van der Waals surface area contributed by atoms with Crippen molar-refractivity contribution in [3.8, 4) is 17.0 Å². The summed E-state index contributed by atoms with van der Waals surface area (Å²) in [6, 6.07) is 3.25. The van der Waals surface area contributed by atoms with E-state index in [1.54, 1.807) is 0 Å². The van der Waals surface area contributed by atoms with Crippen molar-refractivity contribution in [2.75, 3.05) is 38.2 Å². The molecule has 0 radical (unpaired) electrons. The second-order valence-electron chi connectivity index (χ2n) is 7.76. The lowest BCUT2D eigenvalue weighted by molar-refractivity contribution is -0.137. The molecular formula is C20H21F5N4O2. The van der Waals surface area contributed by atoms with Crippen LogP contribution in [0.1, 0.15) is 24.0 Å².